The van der Waals surface area contributed by atoms with Crippen molar-refractivity contribution in [2.75, 3.05) is 30.0 Å². The van der Waals surface area contributed by atoms with E-state index in [-0.39, 0.29) is 29.8 Å². The first-order valence-electron chi connectivity index (χ1n) is 6.92. The standard InChI is InChI=1S/C14H17NO5S/c16-14(7-10-3-6-21(17,18)9-10)15-11-1-2-12-13(8-11)20-5-4-19-12/h1-2,8,10H,3-7,9H2,(H,15,16)/t10-/m1/s1. The van der Waals surface area contributed by atoms with Gasteiger partial charge in [-0.15, -0.1) is 0 Å². The zero-order valence-electron chi connectivity index (χ0n) is 11.5. The highest BCUT2D eigenvalue weighted by Crippen LogP contribution is 2.32. The second kappa shape index (κ2) is 5.55. The summed E-state index contributed by atoms with van der Waals surface area (Å²) >= 11 is 0. The molecule has 114 valence electrons. The minimum absolute atomic E-state index is 0.0767. The Labute approximate surface area is 123 Å². The first-order valence-corrected chi connectivity index (χ1v) is 8.74. The summed E-state index contributed by atoms with van der Waals surface area (Å²) in [7, 11) is -2.94. The fourth-order valence-electron chi connectivity index (χ4n) is 2.63. The monoisotopic (exact) mass is 311 g/mol. The van der Waals surface area contributed by atoms with E-state index in [4.69, 9.17) is 9.47 Å². The molecule has 2 heterocycles. The van der Waals surface area contributed by atoms with Crippen LogP contribution in [0.1, 0.15) is 12.8 Å². The predicted octanol–water partition coefficient (Wildman–Crippen LogP) is 1.22. The van der Waals surface area contributed by atoms with Crippen molar-refractivity contribution < 1.29 is 22.7 Å². The highest BCUT2D eigenvalue weighted by molar-refractivity contribution is 7.91. The Bertz CT molecular complexity index is 655. The van der Waals surface area contributed by atoms with Crippen LogP contribution in [0.5, 0.6) is 11.5 Å². The van der Waals surface area contributed by atoms with Gasteiger partial charge in [-0.05, 0) is 24.5 Å². The lowest BCUT2D eigenvalue weighted by atomic mass is 10.1. The maximum atomic E-state index is 12.0. The number of hydrogen-bond donors (Lipinski definition) is 1. The summed E-state index contributed by atoms with van der Waals surface area (Å²) in [5.41, 5.74) is 0.630. The zero-order valence-corrected chi connectivity index (χ0v) is 12.3. The summed E-state index contributed by atoms with van der Waals surface area (Å²) in [6, 6.07) is 5.22. The molecule has 0 aliphatic carbocycles. The van der Waals surface area contributed by atoms with Gasteiger partial charge in [-0.3, -0.25) is 4.79 Å². The van der Waals surface area contributed by atoms with Crippen molar-refractivity contribution in [1.29, 1.82) is 0 Å². The van der Waals surface area contributed by atoms with Gasteiger partial charge in [-0.1, -0.05) is 0 Å². The van der Waals surface area contributed by atoms with Crippen LogP contribution in [0, 0.1) is 5.92 Å². The third-order valence-corrected chi connectivity index (χ3v) is 5.46. The molecular formula is C14H17NO5S. The first-order chi connectivity index (χ1) is 10.0. The maximum absolute atomic E-state index is 12.0. The van der Waals surface area contributed by atoms with Crippen LogP contribution < -0.4 is 14.8 Å². The number of rotatable bonds is 3. The Morgan fingerprint density at radius 2 is 2.00 bits per heavy atom. The van der Waals surface area contributed by atoms with E-state index in [1.165, 1.54) is 0 Å². The molecule has 1 N–H and O–H groups in total. The zero-order chi connectivity index (χ0) is 14.9. The smallest absolute Gasteiger partial charge is 0.224 e. The van der Waals surface area contributed by atoms with E-state index in [1.54, 1.807) is 18.2 Å². The lowest BCUT2D eigenvalue weighted by Gasteiger charge is -2.19. The van der Waals surface area contributed by atoms with Crippen LogP contribution in [0.3, 0.4) is 0 Å². The van der Waals surface area contributed by atoms with Crippen molar-refractivity contribution in [3.63, 3.8) is 0 Å². The number of benzene rings is 1. The fraction of sp³-hybridized carbons (Fsp3) is 0.500. The van der Waals surface area contributed by atoms with Gasteiger partial charge in [0.15, 0.2) is 21.3 Å². The Kier molecular flexibility index (Phi) is 3.75. The van der Waals surface area contributed by atoms with Gasteiger partial charge < -0.3 is 14.8 Å². The molecule has 2 aliphatic heterocycles. The van der Waals surface area contributed by atoms with Gasteiger partial charge >= 0.3 is 0 Å². The van der Waals surface area contributed by atoms with Gasteiger partial charge in [0, 0.05) is 18.2 Å². The molecule has 0 radical (unpaired) electrons. The van der Waals surface area contributed by atoms with Crippen LogP contribution in [0.25, 0.3) is 0 Å². The molecule has 2 aliphatic rings. The van der Waals surface area contributed by atoms with Crippen molar-refractivity contribution in [3.05, 3.63) is 18.2 Å². The topological polar surface area (TPSA) is 81.7 Å². The minimum atomic E-state index is -2.94. The molecule has 1 atom stereocenters. The molecule has 0 spiro atoms. The lowest BCUT2D eigenvalue weighted by Crippen LogP contribution is -2.18. The second-order valence-electron chi connectivity index (χ2n) is 5.38. The van der Waals surface area contributed by atoms with E-state index in [0.717, 1.165) is 0 Å². The summed E-state index contributed by atoms with van der Waals surface area (Å²) in [5.74, 6) is 1.33. The van der Waals surface area contributed by atoms with Gasteiger partial charge in [0.25, 0.3) is 0 Å². The quantitative estimate of drug-likeness (QED) is 0.907. The van der Waals surface area contributed by atoms with Gasteiger partial charge in [0.2, 0.25) is 5.91 Å². The summed E-state index contributed by atoms with van der Waals surface area (Å²) in [6.07, 6.45) is 0.796. The Morgan fingerprint density at radius 3 is 2.71 bits per heavy atom. The Morgan fingerprint density at radius 1 is 1.24 bits per heavy atom. The average Bonchev–Trinajstić information content (AvgIpc) is 2.77. The normalized spacial score (nSPS) is 22.8. The number of anilines is 1. The molecule has 0 aromatic heterocycles. The third kappa shape index (κ3) is 3.47. The van der Waals surface area contributed by atoms with Crippen molar-refractivity contribution in [2.45, 2.75) is 12.8 Å². The molecule has 1 aromatic carbocycles. The number of amides is 1. The van der Waals surface area contributed by atoms with E-state index in [1.807, 2.05) is 0 Å². The molecule has 21 heavy (non-hydrogen) atoms. The highest BCUT2D eigenvalue weighted by Gasteiger charge is 2.29. The van der Waals surface area contributed by atoms with Crippen molar-refractivity contribution in [1.82, 2.24) is 0 Å². The second-order valence-corrected chi connectivity index (χ2v) is 7.61. The van der Waals surface area contributed by atoms with E-state index >= 15 is 0 Å². The Hall–Kier alpha value is -1.76. The van der Waals surface area contributed by atoms with Crippen LogP contribution in [-0.2, 0) is 14.6 Å². The van der Waals surface area contributed by atoms with Gasteiger partial charge in [0.05, 0.1) is 11.5 Å². The summed E-state index contributed by atoms with van der Waals surface area (Å²) in [5, 5.41) is 2.78. The number of carbonyl (C=O) groups is 1. The van der Waals surface area contributed by atoms with Crippen LogP contribution in [-0.4, -0.2) is 39.0 Å². The largest absolute Gasteiger partial charge is 0.486 e. The van der Waals surface area contributed by atoms with Crippen molar-refractivity contribution in [3.8, 4) is 11.5 Å². The molecule has 0 saturated carbocycles. The predicted molar refractivity (Wildman–Crippen MR) is 77.4 cm³/mol. The molecule has 7 heteroatoms. The van der Waals surface area contributed by atoms with E-state index in [0.29, 0.717) is 36.8 Å². The summed E-state index contributed by atoms with van der Waals surface area (Å²) in [6.45, 7) is 1.01. The van der Waals surface area contributed by atoms with Crippen LogP contribution in [0.4, 0.5) is 5.69 Å². The van der Waals surface area contributed by atoms with Gasteiger partial charge in [0.1, 0.15) is 13.2 Å². The SMILES string of the molecule is O=C(C[C@H]1CCS(=O)(=O)C1)Nc1ccc2c(c1)OCCO2. The molecule has 1 amide bonds. The number of nitrogens with one attached hydrogen (secondary N) is 1. The molecule has 6 nitrogen and oxygen atoms in total. The average molecular weight is 311 g/mol. The van der Waals surface area contributed by atoms with E-state index in [2.05, 4.69) is 5.32 Å². The van der Waals surface area contributed by atoms with Gasteiger partial charge in [-0.2, -0.15) is 0 Å². The summed E-state index contributed by atoms with van der Waals surface area (Å²) in [4.78, 5) is 12.0. The lowest BCUT2D eigenvalue weighted by molar-refractivity contribution is -0.116. The molecule has 0 unspecified atom stereocenters. The molecular weight excluding hydrogens is 294 g/mol. The van der Waals surface area contributed by atoms with E-state index in [9.17, 15) is 13.2 Å². The van der Waals surface area contributed by atoms with Crippen molar-refractivity contribution in [2.24, 2.45) is 5.92 Å². The molecule has 0 bridgehead atoms. The van der Waals surface area contributed by atoms with Crippen molar-refractivity contribution >= 4 is 21.4 Å². The number of hydrogen-bond acceptors (Lipinski definition) is 5. The number of ether oxygens (including phenoxy) is 2. The third-order valence-electron chi connectivity index (χ3n) is 3.63. The minimum Gasteiger partial charge on any atom is -0.486 e. The molecule has 1 fully saturated rings. The highest BCUT2D eigenvalue weighted by atomic mass is 32.2. The molecule has 3 rings (SSSR count). The van der Waals surface area contributed by atoms with E-state index < -0.39 is 9.84 Å². The number of sulfone groups is 1. The molecule has 1 saturated heterocycles. The van der Waals surface area contributed by atoms with Crippen LogP contribution in [0.2, 0.25) is 0 Å². The first kappa shape index (κ1) is 14.2. The van der Waals surface area contributed by atoms with Crippen LogP contribution >= 0.6 is 0 Å². The molecule has 1 aromatic rings. The summed E-state index contributed by atoms with van der Waals surface area (Å²) < 4.78 is 33.6. The van der Waals surface area contributed by atoms with Gasteiger partial charge in [-0.25, -0.2) is 8.42 Å². The van der Waals surface area contributed by atoms with Crippen LogP contribution in [0.15, 0.2) is 18.2 Å². The number of fused-ring (bicyclic) bond motifs is 1. The fourth-order valence-corrected chi connectivity index (χ4v) is 4.49. The Balaban J connectivity index is 1.60. The number of carbonyl (C=O) groups excluding carboxylic acids is 1. The maximum Gasteiger partial charge on any atom is 0.224 e.